The number of hydrogen-bond acceptors (Lipinski definition) is 5. The van der Waals surface area contributed by atoms with Gasteiger partial charge in [-0.3, -0.25) is 10.2 Å². The second-order valence-corrected chi connectivity index (χ2v) is 7.94. The summed E-state index contributed by atoms with van der Waals surface area (Å²) in [5.74, 6) is -3.12. The maximum absolute atomic E-state index is 13.6. The van der Waals surface area contributed by atoms with E-state index in [1.165, 1.54) is 17.2 Å². The average Bonchev–Trinajstić information content (AvgIpc) is 2.96. The Balaban J connectivity index is 2.04. The summed E-state index contributed by atoms with van der Waals surface area (Å²) in [6.45, 7) is 8.27. The Morgan fingerprint density at radius 2 is 1.96 bits per heavy atom. The van der Waals surface area contributed by atoms with Crippen molar-refractivity contribution in [3.8, 4) is 0 Å². The summed E-state index contributed by atoms with van der Waals surface area (Å²) in [4.78, 5) is 27.0. The predicted molar refractivity (Wildman–Crippen MR) is 98.9 cm³/mol. The molecule has 8 heteroatoms. The van der Waals surface area contributed by atoms with E-state index in [1.54, 1.807) is 6.92 Å². The van der Waals surface area contributed by atoms with Gasteiger partial charge in [-0.25, -0.2) is 19.0 Å². The fourth-order valence-electron chi connectivity index (χ4n) is 4.25. The van der Waals surface area contributed by atoms with E-state index in [0.717, 1.165) is 12.1 Å². The Bertz CT molecular complexity index is 825. The van der Waals surface area contributed by atoms with Gasteiger partial charge in [-0.2, -0.15) is 0 Å². The third-order valence-electron chi connectivity index (χ3n) is 5.41. The minimum Gasteiger partial charge on any atom is -0.463 e. The zero-order valence-corrected chi connectivity index (χ0v) is 16.4. The van der Waals surface area contributed by atoms with Crippen LogP contribution in [0.5, 0.6) is 0 Å². The third-order valence-corrected chi connectivity index (χ3v) is 5.41. The van der Waals surface area contributed by atoms with Crippen molar-refractivity contribution >= 4 is 11.9 Å². The number of amides is 1. The predicted octanol–water partition coefficient (Wildman–Crippen LogP) is 2.37. The number of hydrogen-bond donors (Lipinski definition) is 2. The van der Waals surface area contributed by atoms with Gasteiger partial charge in [-0.15, -0.1) is 0 Å². The fourth-order valence-corrected chi connectivity index (χ4v) is 4.25. The molecule has 0 radical (unpaired) electrons. The van der Waals surface area contributed by atoms with Crippen molar-refractivity contribution in [1.82, 2.24) is 15.8 Å². The van der Waals surface area contributed by atoms with Crippen LogP contribution in [0, 0.1) is 23.0 Å². The van der Waals surface area contributed by atoms with Crippen molar-refractivity contribution in [2.75, 3.05) is 13.2 Å². The molecule has 152 valence electrons. The SMILES string of the molecule is CCOC(=O)C1=CN(C(=O)c2ccc(F)c(F)c2)CC(C)(C)C2C(C)NNC12. The number of hydrazine groups is 1. The van der Waals surface area contributed by atoms with Crippen LogP contribution in [-0.2, 0) is 9.53 Å². The zero-order valence-electron chi connectivity index (χ0n) is 16.4. The first-order valence-corrected chi connectivity index (χ1v) is 9.31. The lowest BCUT2D eigenvalue weighted by molar-refractivity contribution is -0.139. The number of fused-ring (bicyclic) bond motifs is 1. The Morgan fingerprint density at radius 1 is 1.25 bits per heavy atom. The Kier molecular flexibility index (Phi) is 5.54. The summed E-state index contributed by atoms with van der Waals surface area (Å²) in [5.41, 5.74) is 6.27. The van der Waals surface area contributed by atoms with Crippen LogP contribution < -0.4 is 10.9 Å². The van der Waals surface area contributed by atoms with E-state index in [9.17, 15) is 18.4 Å². The molecule has 3 unspecified atom stereocenters. The molecule has 3 rings (SSSR count). The van der Waals surface area contributed by atoms with Gasteiger partial charge in [0, 0.05) is 30.3 Å². The molecule has 2 aliphatic rings. The van der Waals surface area contributed by atoms with Crippen LogP contribution >= 0.6 is 0 Å². The van der Waals surface area contributed by atoms with E-state index >= 15 is 0 Å². The normalized spacial score (nSPS) is 26.3. The van der Waals surface area contributed by atoms with E-state index in [1.807, 2.05) is 20.8 Å². The van der Waals surface area contributed by atoms with Gasteiger partial charge in [-0.05, 0) is 37.5 Å². The summed E-state index contributed by atoms with van der Waals surface area (Å²) in [6, 6.07) is 2.74. The van der Waals surface area contributed by atoms with Gasteiger partial charge in [0.2, 0.25) is 0 Å². The number of rotatable bonds is 3. The summed E-state index contributed by atoms with van der Waals surface area (Å²) < 4.78 is 32.1. The molecule has 0 spiro atoms. The van der Waals surface area contributed by atoms with Gasteiger partial charge in [-0.1, -0.05) is 13.8 Å². The molecule has 2 aliphatic heterocycles. The molecular formula is C20H25F2N3O3. The Hall–Kier alpha value is -2.32. The van der Waals surface area contributed by atoms with Crippen LogP contribution in [-0.4, -0.2) is 42.0 Å². The van der Waals surface area contributed by atoms with Crippen LogP contribution in [0.25, 0.3) is 0 Å². The second kappa shape index (κ2) is 7.60. The van der Waals surface area contributed by atoms with E-state index in [4.69, 9.17) is 4.74 Å². The molecule has 0 bridgehead atoms. The molecule has 28 heavy (non-hydrogen) atoms. The summed E-state index contributed by atoms with van der Waals surface area (Å²) in [5, 5.41) is 0. The van der Waals surface area contributed by atoms with Gasteiger partial charge in [0.25, 0.3) is 5.91 Å². The first-order valence-electron chi connectivity index (χ1n) is 9.31. The molecular weight excluding hydrogens is 368 g/mol. The monoisotopic (exact) mass is 393 g/mol. The van der Waals surface area contributed by atoms with E-state index in [2.05, 4.69) is 10.9 Å². The first-order chi connectivity index (χ1) is 13.2. The Labute approximate surface area is 162 Å². The number of carbonyl (C=O) groups excluding carboxylic acids is 2. The zero-order chi connectivity index (χ0) is 20.6. The fraction of sp³-hybridized carbons (Fsp3) is 0.500. The summed E-state index contributed by atoms with van der Waals surface area (Å²) >= 11 is 0. The van der Waals surface area contributed by atoms with Gasteiger partial charge in [0.1, 0.15) is 0 Å². The van der Waals surface area contributed by atoms with Crippen molar-refractivity contribution < 1.29 is 23.1 Å². The number of nitrogens with zero attached hydrogens (tertiary/aromatic N) is 1. The largest absolute Gasteiger partial charge is 0.463 e. The van der Waals surface area contributed by atoms with Crippen LogP contribution in [0.1, 0.15) is 38.1 Å². The highest BCUT2D eigenvalue weighted by Crippen LogP contribution is 2.40. The highest BCUT2D eigenvalue weighted by Gasteiger charge is 2.49. The van der Waals surface area contributed by atoms with Crippen LogP contribution in [0.3, 0.4) is 0 Å². The first kappa shape index (κ1) is 20.4. The molecule has 0 aromatic heterocycles. The average molecular weight is 393 g/mol. The molecule has 3 atom stereocenters. The van der Waals surface area contributed by atoms with Crippen molar-refractivity contribution in [2.24, 2.45) is 11.3 Å². The summed E-state index contributed by atoms with van der Waals surface area (Å²) in [7, 11) is 0. The van der Waals surface area contributed by atoms with E-state index < -0.39 is 23.5 Å². The standard InChI is InChI=1S/C20H25F2N3O3/c1-5-28-19(27)13-9-25(18(26)12-6-7-14(21)15(22)8-12)10-20(3,4)16-11(2)23-24-17(13)16/h6-9,11,16-17,23-24H,5,10H2,1-4H3. The van der Waals surface area contributed by atoms with Gasteiger partial charge >= 0.3 is 5.97 Å². The molecule has 6 nitrogen and oxygen atoms in total. The van der Waals surface area contributed by atoms with E-state index in [-0.39, 0.29) is 35.6 Å². The van der Waals surface area contributed by atoms with Crippen LogP contribution in [0.4, 0.5) is 8.78 Å². The van der Waals surface area contributed by atoms with Gasteiger partial charge in [0.05, 0.1) is 18.2 Å². The van der Waals surface area contributed by atoms with Gasteiger partial charge in [0.15, 0.2) is 11.6 Å². The number of nitrogens with one attached hydrogen (secondary N) is 2. The third kappa shape index (κ3) is 3.66. The minimum absolute atomic E-state index is 0.00547. The number of carbonyl (C=O) groups is 2. The maximum Gasteiger partial charge on any atom is 0.337 e. The number of ether oxygens (including phenoxy) is 1. The molecule has 2 heterocycles. The molecule has 1 aromatic rings. The van der Waals surface area contributed by atoms with Crippen molar-refractivity contribution in [3.05, 3.63) is 47.2 Å². The summed E-state index contributed by atoms with van der Waals surface area (Å²) in [6.07, 6.45) is 1.47. The smallest absolute Gasteiger partial charge is 0.337 e. The number of esters is 1. The molecule has 1 aromatic carbocycles. The number of halogens is 2. The molecule has 1 amide bonds. The topological polar surface area (TPSA) is 70.7 Å². The highest BCUT2D eigenvalue weighted by atomic mass is 19.2. The van der Waals surface area contributed by atoms with Crippen LogP contribution in [0.2, 0.25) is 0 Å². The molecule has 0 aliphatic carbocycles. The quantitative estimate of drug-likeness (QED) is 0.772. The molecule has 1 fully saturated rings. The van der Waals surface area contributed by atoms with Crippen molar-refractivity contribution in [2.45, 2.75) is 39.8 Å². The number of benzene rings is 1. The lowest BCUT2D eigenvalue weighted by Crippen LogP contribution is -2.44. The second-order valence-electron chi connectivity index (χ2n) is 7.94. The lowest BCUT2D eigenvalue weighted by Gasteiger charge is -2.37. The van der Waals surface area contributed by atoms with Crippen molar-refractivity contribution in [3.63, 3.8) is 0 Å². The maximum atomic E-state index is 13.6. The van der Waals surface area contributed by atoms with Crippen LogP contribution in [0.15, 0.2) is 30.0 Å². The minimum atomic E-state index is -1.09. The Morgan fingerprint density at radius 3 is 2.61 bits per heavy atom. The van der Waals surface area contributed by atoms with Gasteiger partial charge < -0.3 is 9.64 Å². The van der Waals surface area contributed by atoms with Crippen molar-refractivity contribution in [1.29, 1.82) is 0 Å². The lowest BCUT2D eigenvalue weighted by atomic mass is 9.71. The highest BCUT2D eigenvalue weighted by molar-refractivity contribution is 5.97. The van der Waals surface area contributed by atoms with E-state index in [0.29, 0.717) is 12.1 Å². The molecule has 0 saturated carbocycles. The molecule has 1 saturated heterocycles. The molecule has 2 N–H and O–H groups in total.